The summed E-state index contributed by atoms with van der Waals surface area (Å²) in [6.07, 6.45) is 7.15. The SMILES string of the molecule is O=c1cc(-c2cnccn2)[nH]c2cc(C3CC3)nn12. The van der Waals surface area contributed by atoms with Gasteiger partial charge in [0.1, 0.15) is 11.3 Å². The molecular weight excluding hydrogens is 242 g/mol. The second-order valence-electron chi connectivity index (χ2n) is 4.75. The summed E-state index contributed by atoms with van der Waals surface area (Å²) in [4.78, 5) is 23.4. The van der Waals surface area contributed by atoms with Crippen molar-refractivity contribution in [2.24, 2.45) is 0 Å². The first-order valence-corrected chi connectivity index (χ1v) is 6.21. The van der Waals surface area contributed by atoms with Crippen LogP contribution in [-0.4, -0.2) is 24.6 Å². The van der Waals surface area contributed by atoms with Gasteiger partial charge in [0, 0.05) is 30.4 Å². The lowest BCUT2D eigenvalue weighted by Crippen LogP contribution is -2.14. The summed E-state index contributed by atoms with van der Waals surface area (Å²) in [7, 11) is 0. The molecule has 6 nitrogen and oxygen atoms in total. The molecule has 94 valence electrons. The highest BCUT2D eigenvalue weighted by molar-refractivity contribution is 5.56. The number of nitrogens with one attached hydrogen (secondary N) is 1. The predicted molar refractivity (Wildman–Crippen MR) is 68.8 cm³/mol. The summed E-state index contributed by atoms with van der Waals surface area (Å²) in [6.45, 7) is 0. The monoisotopic (exact) mass is 253 g/mol. The molecule has 0 amide bonds. The molecule has 0 unspecified atom stereocenters. The average molecular weight is 253 g/mol. The van der Waals surface area contributed by atoms with Crippen LogP contribution in [0.4, 0.5) is 0 Å². The van der Waals surface area contributed by atoms with Crippen molar-refractivity contribution < 1.29 is 0 Å². The van der Waals surface area contributed by atoms with Gasteiger partial charge in [0.2, 0.25) is 0 Å². The molecule has 19 heavy (non-hydrogen) atoms. The molecule has 0 aromatic carbocycles. The van der Waals surface area contributed by atoms with Crippen LogP contribution in [0.1, 0.15) is 24.5 Å². The smallest absolute Gasteiger partial charge is 0.274 e. The fourth-order valence-electron chi connectivity index (χ4n) is 2.17. The Morgan fingerprint density at radius 2 is 2.16 bits per heavy atom. The van der Waals surface area contributed by atoms with Crippen LogP contribution in [0.25, 0.3) is 17.0 Å². The topological polar surface area (TPSA) is 75.9 Å². The third kappa shape index (κ3) is 1.72. The predicted octanol–water partition coefficient (Wildman–Crippen LogP) is 1.36. The fraction of sp³-hybridized carbons (Fsp3) is 0.231. The first-order chi connectivity index (χ1) is 9.31. The number of hydrogen-bond acceptors (Lipinski definition) is 4. The summed E-state index contributed by atoms with van der Waals surface area (Å²) < 4.78 is 1.41. The van der Waals surface area contributed by atoms with Crippen molar-refractivity contribution in [2.45, 2.75) is 18.8 Å². The Hall–Kier alpha value is -2.50. The number of rotatable bonds is 2. The van der Waals surface area contributed by atoms with E-state index in [1.807, 2.05) is 6.07 Å². The maximum atomic E-state index is 12.1. The van der Waals surface area contributed by atoms with Gasteiger partial charge in [-0.15, -0.1) is 0 Å². The fourth-order valence-corrected chi connectivity index (χ4v) is 2.17. The maximum absolute atomic E-state index is 12.1. The van der Waals surface area contributed by atoms with Gasteiger partial charge in [-0.2, -0.15) is 9.61 Å². The van der Waals surface area contributed by atoms with Gasteiger partial charge in [-0.3, -0.25) is 14.8 Å². The molecule has 1 aliphatic rings. The summed E-state index contributed by atoms with van der Waals surface area (Å²) in [5, 5.41) is 4.35. The zero-order valence-electron chi connectivity index (χ0n) is 10.1. The summed E-state index contributed by atoms with van der Waals surface area (Å²) in [5.74, 6) is 0.521. The second kappa shape index (κ2) is 3.74. The molecule has 4 rings (SSSR count). The lowest BCUT2D eigenvalue weighted by molar-refractivity contribution is 0.854. The Balaban J connectivity index is 1.92. The molecule has 1 saturated carbocycles. The highest BCUT2D eigenvalue weighted by atomic mass is 16.1. The van der Waals surface area contributed by atoms with E-state index in [-0.39, 0.29) is 5.56 Å². The Bertz CT molecular complexity index is 801. The van der Waals surface area contributed by atoms with E-state index in [0.717, 1.165) is 18.5 Å². The molecule has 0 radical (unpaired) electrons. The van der Waals surface area contributed by atoms with Crippen molar-refractivity contribution in [2.75, 3.05) is 0 Å². The zero-order chi connectivity index (χ0) is 12.8. The molecule has 3 heterocycles. The van der Waals surface area contributed by atoms with Crippen LogP contribution in [0, 0.1) is 0 Å². The molecule has 6 heteroatoms. The summed E-state index contributed by atoms with van der Waals surface area (Å²) in [5.41, 5.74) is 2.85. The van der Waals surface area contributed by atoms with E-state index in [2.05, 4.69) is 20.1 Å². The van der Waals surface area contributed by atoms with Crippen molar-refractivity contribution in [1.29, 1.82) is 0 Å². The van der Waals surface area contributed by atoms with E-state index in [0.29, 0.717) is 23.0 Å². The van der Waals surface area contributed by atoms with Gasteiger partial charge in [-0.25, -0.2) is 0 Å². The molecule has 0 bridgehead atoms. The molecule has 1 aliphatic carbocycles. The van der Waals surface area contributed by atoms with Gasteiger partial charge in [0.15, 0.2) is 0 Å². The Morgan fingerprint density at radius 1 is 1.26 bits per heavy atom. The Morgan fingerprint density at radius 3 is 2.89 bits per heavy atom. The van der Waals surface area contributed by atoms with Crippen molar-refractivity contribution in [3.63, 3.8) is 0 Å². The van der Waals surface area contributed by atoms with E-state index >= 15 is 0 Å². The van der Waals surface area contributed by atoms with Crippen LogP contribution in [-0.2, 0) is 0 Å². The van der Waals surface area contributed by atoms with Crippen LogP contribution in [0.15, 0.2) is 35.5 Å². The molecular formula is C13H11N5O. The number of nitrogens with zero attached hydrogens (tertiary/aromatic N) is 4. The largest absolute Gasteiger partial charge is 0.338 e. The van der Waals surface area contributed by atoms with E-state index in [1.165, 1.54) is 10.6 Å². The molecule has 0 saturated heterocycles. The van der Waals surface area contributed by atoms with E-state index < -0.39 is 0 Å². The van der Waals surface area contributed by atoms with Crippen LogP contribution in [0.5, 0.6) is 0 Å². The van der Waals surface area contributed by atoms with Gasteiger partial charge in [-0.05, 0) is 12.8 Å². The maximum Gasteiger partial charge on any atom is 0.274 e. The molecule has 0 aliphatic heterocycles. The van der Waals surface area contributed by atoms with Crippen LogP contribution >= 0.6 is 0 Å². The van der Waals surface area contributed by atoms with Crippen molar-refractivity contribution in [1.82, 2.24) is 24.6 Å². The molecule has 3 aromatic heterocycles. The number of aromatic amines is 1. The van der Waals surface area contributed by atoms with Crippen molar-refractivity contribution in [3.05, 3.63) is 46.8 Å². The summed E-state index contributed by atoms with van der Waals surface area (Å²) in [6, 6.07) is 3.44. The molecule has 1 fully saturated rings. The van der Waals surface area contributed by atoms with Crippen LogP contribution in [0.2, 0.25) is 0 Å². The number of H-pyrrole nitrogens is 1. The Kier molecular flexibility index (Phi) is 2.05. The summed E-state index contributed by atoms with van der Waals surface area (Å²) >= 11 is 0. The normalized spacial score (nSPS) is 14.9. The number of aromatic nitrogens is 5. The highest BCUT2D eigenvalue weighted by Crippen LogP contribution is 2.39. The Labute approximate surface area is 108 Å². The minimum Gasteiger partial charge on any atom is -0.338 e. The highest BCUT2D eigenvalue weighted by Gasteiger charge is 2.26. The first kappa shape index (κ1) is 10.4. The second-order valence-corrected chi connectivity index (χ2v) is 4.75. The lowest BCUT2D eigenvalue weighted by Gasteiger charge is -2.00. The zero-order valence-corrected chi connectivity index (χ0v) is 10.1. The molecule has 1 N–H and O–H groups in total. The third-order valence-corrected chi connectivity index (χ3v) is 3.30. The lowest BCUT2D eigenvalue weighted by atomic mass is 10.3. The van der Waals surface area contributed by atoms with Gasteiger partial charge in [0.05, 0.1) is 17.6 Å². The minimum atomic E-state index is -0.152. The third-order valence-electron chi connectivity index (χ3n) is 3.30. The van der Waals surface area contributed by atoms with E-state index in [4.69, 9.17) is 0 Å². The minimum absolute atomic E-state index is 0.152. The van der Waals surface area contributed by atoms with Crippen LogP contribution in [0.3, 0.4) is 0 Å². The number of fused-ring (bicyclic) bond motifs is 1. The van der Waals surface area contributed by atoms with Crippen molar-refractivity contribution in [3.8, 4) is 11.4 Å². The van der Waals surface area contributed by atoms with E-state index in [1.54, 1.807) is 18.6 Å². The first-order valence-electron chi connectivity index (χ1n) is 6.21. The average Bonchev–Trinajstić information content (AvgIpc) is 3.20. The molecule has 0 spiro atoms. The van der Waals surface area contributed by atoms with Gasteiger partial charge in [-0.1, -0.05) is 0 Å². The molecule has 3 aromatic rings. The van der Waals surface area contributed by atoms with Crippen LogP contribution < -0.4 is 5.56 Å². The quantitative estimate of drug-likeness (QED) is 0.748. The van der Waals surface area contributed by atoms with Gasteiger partial charge in [0.25, 0.3) is 5.56 Å². The standard InChI is InChI=1S/C13H11N5O/c19-13-6-10(11-7-14-3-4-15-11)16-12-5-9(8-1-2-8)17-18(12)13/h3-8,16H,1-2H2. The van der Waals surface area contributed by atoms with Gasteiger partial charge < -0.3 is 4.98 Å². The van der Waals surface area contributed by atoms with Crippen molar-refractivity contribution >= 4 is 5.65 Å². The van der Waals surface area contributed by atoms with E-state index in [9.17, 15) is 4.79 Å². The molecule has 0 atom stereocenters. The van der Waals surface area contributed by atoms with Gasteiger partial charge >= 0.3 is 0 Å². The number of hydrogen-bond donors (Lipinski definition) is 1.